The molecule has 1 saturated carbocycles. The van der Waals surface area contributed by atoms with Gasteiger partial charge in [-0.3, -0.25) is 14.4 Å². The van der Waals surface area contributed by atoms with Gasteiger partial charge >= 0.3 is 11.8 Å². The number of rotatable bonds is 4. The van der Waals surface area contributed by atoms with Crippen molar-refractivity contribution in [2.75, 3.05) is 0 Å². The lowest BCUT2D eigenvalue weighted by atomic mass is 10.1. The number of hydrazone groups is 1. The lowest BCUT2D eigenvalue weighted by Crippen LogP contribution is -2.38. The highest BCUT2D eigenvalue weighted by molar-refractivity contribution is 6.35. The van der Waals surface area contributed by atoms with Gasteiger partial charge in [0.25, 0.3) is 5.56 Å². The normalized spacial score (nSPS) is 13.5. The molecule has 2 aromatic heterocycles. The first-order valence-corrected chi connectivity index (χ1v) is 8.98. The van der Waals surface area contributed by atoms with Crippen molar-refractivity contribution in [3.8, 4) is 11.7 Å². The Morgan fingerprint density at radius 3 is 2.52 bits per heavy atom. The average molecular weight is 391 g/mol. The van der Waals surface area contributed by atoms with Gasteiger partial charge in [-0.05, 0) is 31.0 Å². The smallest absolute Gasteiger partial charge is 0.329 e. The van der Waals surface area contributed by atoms with Gasteiger partial charge in [0.2, 0.25) is 5.88 Å². The molecule has 3 aromatic rings. The van der Waals surface area contributed by atoms with E-state index in [4.69, 9.17) is 0 Å². The molecule has 3 N–H and O–H groups in total. The van der Waals surface area contributed by atoms with Crippen molar-refractivity contribution < 1.29 is 14.7 Å². The molecular weight excluding hydrogens is 374 g/mol. The first-order valence-electron chi connectivity index (χ1n) is 8.98. The number of fused-ring (bicyclic) bond motifs is 1. The van der Waals surface area contributed by atoms with Crippen LogP contribution in [0.25, 0.3) is 16.6 Å². The Labute approximate surface area is 164 Å². The summed E-state index contributed by atoms with van der Waals surface area (Å²) >= 11 is 0. The van der Waals surface area contributed by atoms with E-state index in [2.05, 4.69) is 20.8 Å². The summed E-state index contributed by atoms with van der Waals surface area (Å²) in [5.41, 5.74) is 1.89. The van der Waals surface area contributed by atoms with Gasteiger partial charge in [0.15, 0.2) is 0 Å². The van der Waals surface area contributed by atoms with Gasteiger partial charge in [-0.1, -0.05) is 24.3 Å². The molecule has 0 saturated heterocycles. The Balaban J connectivity index is 1.72. The Morgan fingerprint density at radius 1 is 1.10 bits per heavy atom. The van der Waals surface area contributed by atoms with E-state index in [-0.39, 0.29) is 23.3 Å². The zero-order chi connectivity index (χ0) is 20.4. The van der Waals surface area contributed by atoms with Crippen molar-refractivity contribution in [3.63, 3.8) is 0 Å². The van der Waals surface area contributed by atoms with Crippen LogP contribution in [0.3, 0.4) is 0 Å². The van der Waals surface area contributed by atoms with Crippen molar-refractivity contribution in [1.82, 2.24) is 20.3 Å². The highest BCUT2D eigenvalue weighted by Gasteiger charge is 2.26. The fraction of sp³-hybridized carbons (Fsp3) is 0.150. The number of hydrogen-bond donors (Lipinski definition) is 3. The molecule has 0 atom stereocenters. The van der Waals surface area contributed by atoms with E-state index in [0.717, 1.165) is 17.4 Å². The van der Waals surface area contributed by atoms with Crippen LogP contribution < -0.4 is 16.3 Å². The van der Waals surface area contributed by atoms with E-state index in [0.29, 0.717) is 10.8 Å². The Morgan fingerprint density at radius 2 is 1.83 bits per heavy atom. The van der Waals surface area contributed by atoms with Crippen LogP contribution in [0.15, 0.2) is 58.6 Å². The van der Waals surface area contributed by atoms with Crippen LogP contribution in [0.5, 0.6) is 5.88 Å². The van der Waals surface area contributed by atoms with E-state index in [1.165, 1.54) is 12.4 Å². The molecule has 4 rings (SSSR count). The van der Waals surface area contributed by atoms with E-state index in [1.807, 2.05) is 0 Å². The molecule has 2 heterocycles. The molecule has 0 unspecified atom stereocenters. The number of amides is 2. The fourth-order valence-corrected chi connectivity index (χ4v) is 2.87. The van der Waals surface area contributed by atoms with Crippen LogP contribution in [-0.2, 0) is 9.59 Å². The van der Waals surface area contributed by atoms with Gasteiger partial charge in [-0.2, -0.15) is 5.10 Å². The monoisotopic (exact) mass is 391 g/mol. The van der Waals surface area contributed by atoms with E-state index in [1.54, 1.807) is 42.5 Å². The third kappa shape index (κ3) is 3.70. The molecular formula is C20H17N5O4. The van der Waals surface area contributed by atoms with Crippen LogP contribution in [0.1, 0.15) is 18.4 Å². The number of aromatic nitrogens is 2. The topological polar surface area (TPSA) is 126 Å². The van der Waals surface area contributed by atoms with Gasteiger partial charge in [0, 0.05) is 23.0 Å². The average Bonchev–Trinajstić information content (AvgIpc) is 3.55. The Hall–Kier alpha value is -4.01. The van der Waals surface area contributed by atoms with Crippen molar-refractivity contribution in [2.24, 2.45) is 5.10 Å². The second-order valence-electron chi connectivity index (χ2n) is 6.56. The minimum Gasteiger partial charge on any atom is -0.494 e. The molecule has 1 aliphatic carbocycles. The second kappa shape index (κ2) is 7.55. The van der Waals surface area contributed by atoms with E-state index < -0.39 is 17.4 Å². The summed E-state index contributed by atoms with van der Waals surface area (Å²) in [6.45, 7) is 0. The van der Waals surface area contributed by atoms with Gasteiger partial charge < -0.3 is 10.4 Å². The van der Waals surface area contributed by atoms with Crippen LogP contribution in [0.2, 0.25) is 0 Å². The fourth-order valence-electron chi connectivity index (χ4n) is 2.87. The standard InChI is InChI=1S/C20H17N5O4/c26-17(23-12-8-9-12)18(27)24-22-11-15-13-5-1-2-6-14(13)19(28)25(20(15)29)16-7-3-4-10-21-16/h1-7,10-12,29H,8-9H2,(H,23,26)(H,24,27)/b22-11+. The molecule has 0 spiro atoms. The summed E-state index contributed by atoms with van der Waals surface area (Å²) in [5, 5.41) is 17.9. The maximum Gasteiger partial charge on any atom is 0.329 e. The lowest BCUT2D eigenvalue weighted by Gasteiger charge is -2.12. The summed E-state index contributed by atoms with van der Waals surface area (Å²) in [5.74, 6) is -1.82. The highest BCUT2D eigenvalue weighted by atomic mass is 16.3. The molecule has 0 radical (unpaired) electrons. The van der Waals surface area contributed by atoms with E-state index >= 15 is 0 Å². The molecule has 146 valence electrons. The van der Waals surface area contributed by atoms with Crippen LogP contribution >= 0.6 is 0 Å². The van der Waals surface area contributed by atoms with Crippen molar-refractivity contribution in [2.45, 2.75) is 18.9 Å². The summed E-state index contributed by atoms with van der Waals surface area (Å²) < 4.78 is 1.06. The first kappa shape index (κ1) is 18.4. The zero-order valence-corrected chi connectivity index (χ0v) is 15.2. The minimum atomic E-state index is -0.907. The van der Waals surface area contributed by atoms with Crippen molar-refractivity contribution in [1.29, 1.82) is 0 Å². The molecule has 9 nitrogen and oxygen atoms in total. The maximum atomic E-state index is 12.9. The molecule has 0 aliphatic heterocycles. The summed E-state index contributed by atoms with van der Waals surface area (Å²) in [6.07, 6.45) is 4.41. The molecule has 2 amide bonds. The summed E-state index contributed by atoms with van der Waals surface area (Å²) in [4.78, 5) is 40.5. The number of nitrogens with zero attached hydrogens (tertiary/aromatic N) is 3. The molecule has 0 bridgehead atoms. The molecule has 1 fully saturated rings. The second-order valence-corrected chi connectivity index (χ2v) is 6.56. The van der Waals surface area contributed by atoms with Gasteiger partial charge in [-0.15, -0.1) is 0 Å². The number of nitrogens with one attached hydrogen (secondary N) is 2. The van der Waals surface area contributed by atoms with Crippen molar-refractivity contribution in [3.05, 3.63) is 64.6 Å². The number of carbonyl (C=O) groups excluding carboxylic acids is 2. The number of benzene rings is 1. The van der Waals surface area contributed by atoms with Gasteiger partial charge in [0.05, 0.1) is 11.8 Å². The van der Waals surface area contributed by atoms with Gasteiger partial charge in [-0.25, -0.2) is 15.0 Å². The van der Waals surface area contributed by atoms with Crippen molar-refractivity contribution >= 4 is 28.8 Å². The van der Waals surface area contributed by atoms with Gasteiger partial charge in [0.1, 0.15) is 5.82 Å². The highest BCUT2D eigenvalue weighted by Crippen LogP contribution is 2.25. The molecule has 9 heteroatoms. The largest absolute Gasteiger partial charge is 0.494 e. The lowest BCUT2D eigenvalue weighted by molar-refractivity contribution is -0.139. The summed E-state index contributed by atoms with van der Waals surface area (Å²) in [7, 11) is 0. The van der Waals surface area contributed by atoms with Crippen LogP contribution in [0.4, 0.5) is 0 Å². The molecule has 1 aliphatic rings. The predicted molar refractivity (Wildman–Crippen MR) is 106 cm³/mol. The zero-order valence-electron chi connectivity index (χ0n) is 15.2. The van der Waals surface area contributed by atoms with Crippen LogP contribution in [0, 0.1) is 0 Å². The minimum absolute atomic E-state index is 0.0483. The third-order valence-corrected chi connectivity index (χ3v) is 4.46. The Kier molecular flexibility index (Phi) is 4.78. The number of hydrogen-bond acceptors (Lipinski definition) is 6. The first-order chi connectivity index (χ1) is 14.1. The number of carbonyl (C=O) groups is 2. The third-order valence-electron chi connectivity index (χ3n) is 4.46. The predicted octanol–water partition coefficient (Wildman–Crippen LogP) is 0.820. The quantitative estimate of drug-likeness (QED) is 0.345. The maximum absolute atomic E-state index is 12.9. The summed E-state index contributed by atoms with van der Waals surface area (Å²) in [6, 6.07) is 11.7. The van der Waals surface area contributed by atoms with E-state index in [9.17, 15) is 19.5 Å². The number of pyridine rings is 2. The molecule has 29 heavy (non-hydrogen) atoms. The molecule has 1 aromatic carbocycles. The SMILES string of the molecule is O=C(N/N=C/c1c(O)n(-c2ccccn2)c(=O)c2ccccc12)C(=O)NC1CC1. The Bertz CT molecular complexity index is 1180. The number of aromatic hydroxyl groups is 1. The van der Waals surface area contributed by atoms with Crippen LogP contribution in [-0.4, -0.2) is 38.7 Å².